The number of anilines is 1. The molecule has 116 valence electrons. The molecule has 0 radical (unpaired) electrons. The van der Waals surface area contributed by atoms with Crippen molar-refractivity contribution in [1.82, 2.24) is 5.32 Å². The first-order chi connectivity index (χ1) is 10.1. The lowest BCUT2D eigenvalue weighted by Gasteiger charge is -2.13. The zero-order valence-electron chi connectivity index (χ0n) is 12.7. The zero-order chi connectivity index (χ0) is 15.4. The Balaban J connectivity index is 2.24. The van der Waals surface area contributed by atoms with Gasteiger partial charge in [0, 0.05) is 17.8 Å². The maximum Gasteiger partial charge on any atom is 0.341 e. The Morgan fingerprint density at radius 3 is 2.90 bits per heavy atom. The summed E-state index contributed by atoms with van der Waals surface area (Å²) >= 11 is 1.47. The Morgan fingerprint density at radius 1 is 1.48 bits per heavy atom. The van der Waals surface area contributed by atoms with E-state index in [1.54, 1.807) is 0 Å². The van der Waals surface area contributed by atoms with Gasteiger partial charge in [-0.2, -0.15) is 0 Å². The summed E-state index contributed by atoms with van der Waals surface area (Å²) in [6.45, 7) is 5.69. The number of rotatable bonds is 5. The number of thiophene rings is 1. The highest BCUT2D eigenvalue weighted by Gasteiger charge is 2.26. The number of carbonyl (C=O) groups is 2. The van der Waals surface area contributed by atoms with Gasteiger partial charge in [0.1, 0.15) is 5.00 Å². The summed E-state index contributed by atoms with van der Waals surface area (Å²) < 4.78 is 4.88. The average molecular weight is 310 g/mol. The van der Waals surface area contributed by atoms with Crippen molar-refractivity contribution in [2.75, 3.05) is 19.0 Å². The van der Waals surface area contributed by atoms with E-state index >= 15 is 0 Å². The van der Waals surface area contributed by atoms with Crippen LogP contribution in [0.15, 0.2) is 0 Å². The summed E-state index contributed by atoms with van der Waals surface area (Å²) in [6.07, 6.45) is 2.22. The van der Waals surface area contributed by atoms with Crippen LogP contribution >= 0.6 is 11.3 Å². The van der Waals surface area contributed by atoms with Crippen LogP contribution in [0.3, 0.4) is 0 Å². The number of hydrogen-bond acceptors (Lipinski definition) is 5. The van der Waals surface area contributed by atoms with Gasteiger partial charge >= 0.3 is 5.97 Å². The van der Waals surface area contributed by atoms with Gasteiger partial charge in [0.05, 0.1) is 12.7 Å². The van der Waals surface area contributed by atoms with Crippen molar-refractivity contribution in [3.63, 3.8) is 0 Å². The highest BCUT2D eigenvalue weighted by molar-refractivity contribution is 7.17. The number of ether oxygens (including phenoxy) is 1. The van der Waals surface area contributed by atoms with Crippen molar-refractivity contribution < 1.29 is 14.3 Å². The minimum atomic E-state index is -0.367. The molecule has 1 atom stereocenters. The average Bonchev–Trinajstić information content (AvgIpc) is 2.83. The molecule has 6 heteroatoms. The molecule has 0 bridgehead atoms. The van der Waals surface area contributed by atoms with E-state index < -0.39 is 0 Å². The van der Waals surface area contributed by atoms with Crippen LogP contribution < -0.4 is 10.6 Å². The lowest BCUT2D eigenvalue weighted by molar-refractivity contribution is -0.116. The topological polar surface area (TPSA) is 67.4 Å². The van der Waals surface area contributed by atoms with Crippen LogP contribution in [0, 0.1) is 5.92 Å². The second-order valence-corrected chi connectivity index (χ2v) is 6.50. The molecule has 0 fully saturated rings. The number of amides is 1. The lowest BCUT2D eigenvalue weighted by Crippen LogP contribution is -2.23. The highest BCUT2D eigenvalue weighted by atomic mass is 32.1. The first-order valence-electron chi connectivity index (χ1n) is 7.30. The number of hydrogen-bond donors (Lipinski definition) is 2. The fourth-order valence-electron chi connectivity index (χ4n) is 2.38. The molecule has 5 nitrogen and oxygen atoms in total. The molecule has 21 heavy (non-hydrogen) atoms. The maximum absolute atomic E-state index is 12.1. The summed E-state index contributed by atoms with van der Waals surface area (Å²) in [6, 6.07) is 0. The third-order valence-electron chi connectivity index (χ3n) is 3.80. The zero-order valence-corrected chi connectivity index (χ0v) is 13.6. The summed E-state index contributed by atoms with van der Waals surface area (Å²) in [4.78, 5) is 25.2. The monoisotopic (exact) mass is 310 g/mol. The SMILES string of the molecule is CCC(C)CC(=O)Nc1sc2c(c1C(=O)OC)CCNC2. The standard InChI is InChI=1S/C15H22N2O3S/c1-4-9(2)7-12(18)17-14-13(15(19)20-3)10-5-6-16-8-11(10)21-14/h9,16H,4-8H2,1-3H3,(H,17,18). The minimum absolute atomic E-state index is 0.0407. The molecule has 1 aromatic heterocycles. The van der Waals surface area contributed by atoms with Gasteiger partial charge in [-0.1, -0.05) is 20.3 Å². The smallest absolute Gasteiger partial charge is 0.341 e. The summed E-state index contributed by atoms with van der Waals surface area (Å²) in [5.41, 5.74) is 1.56. The van der Waals surface area contributed by atoms with Crippen molar-refractivity contribution in [3.05, 3.63) is 16.0 Å². The molecule has 0 spiro atoms. The highest BCUT2D eigenvalue weighted by Crippen LogP contribution is 2.36. The number of carbonyl (C=O) groups excluding carboxylic acids is 2. The molecule has 2 N–H and O–H groups in total. The number of fused-ring (bicyclic) bond motifs is 1. The van der Waals surface area contributed by atoms with Crippen LogP contribution in [-0.2, 0) is 22.5 Å². The molecule has 1 aliphatic rings. The molecule has 0 aliphatic carbocycles. The van der Waals surface area contributed by atoms with Crippen molar-refractivity contribution >= 4 is 28.2 Å². The second-order valence-electron chi connectivity index (χ2n) is 5.39. The van der Waals surface area contributed by atoms with E-state index in [0.717, 1.165) is 36.4 Å². The van der Waals surface area contributed by atoms with Crippen LogP contribution in [0.2, 0.25) is 0 Å². The molecule has 1 unspecified atom stereocenters. The van der Waals surface area contributed by atoms with Crippen LogP contribution in [-0.4, -0.2) is 25.5 Å². The summed E-state index contributed by atoms with van der Waals surface area (Å²) in [5.74, 6) is -0.0721. The Kier molecular flexibility index (Phi) is 5.36. The van der Waals surface area contributed by atoms with Crippen LogP contribution in [0.1, 0.15) is 47.5 Å². The summed E-state index contributed by atoms with van der Waals surface area (Å²) in [5, 5.41) is 6.81. The van der Waals surface area contributed by atoms with Crippen LogP contribution in [0.4, 0.5) is 5.00 Å². The van der Waals surface area contributed by atoms with Gasteiger partial charge in [0.2, 0.25) is 5.91 Å². The molecular formula is C15H22N2O3S. The second kappa shape index (κ2) is 7.04. The van der Waals surface area contributed by atoms with Crippen LogP contribution in [0.25, 0.3) is 0 Å². The Morgan fingerprint density at radius 2 is 2.24 bits per heavy atom. The van der Waals surface area contributed by atoms with E-state index in [0.29, 0.717) is 22.9 Å². The van der Waals surface area contributed by atoms with Gasteiger partial charge in [-0.15, -0.1) is 11.3 Å². The van der Waals surface area contributed by atoms with E-state index in [-0.39, 0.29) is 11.9 Å². The third kappa shape index (κ3) is 3.63. The number of esters is 1. The molecule has 2 rings (SSSR count). The first-order valence-corrected chi connectivity index (χ1v) is 8.11. The quantitative estimate of drug-likeness (QED) is 0.820. The predicted molar refractivity (Wildman–Crippen MR) is 83.8 cm³/mol. The largest absolute Gasteiger partial charge is 0.465 e. The molecule has 0 saturated heterocycles. The van der Waals surface area contributed by atoms with Gasteiger partial charge in [-0.05, 0) is 24.4 Å². The number of methoxy groups -OCH3 is 1. The van der Waals surface area contributed by atoms with Crippen molar-refractivity contribution in [3.8, 4) is 0 Å². The molecule has 1 aliphatic heterocycles. The Hall–Kier alpha value is -1.40. The molecule has 0 aromatic carbocycles. The van der Waals surface area contributed by atoms with Gasteiger partial charge in [0.25, 0.3) is 0 Å². The van der Waals surface area contributed by atoms with E-state index in [9.17, 15) is 9.59 Å². The molecular weight excluding hydrogens is 288 g/mol. The van der Waals surface area contributed by atoms with E-state index in [4.69, 9.17) is 4.74 Å². The fraction of sp³-hybridized carbons (Fsp3) is 0.600. The minimum Gasteiger partial charge on any atom is -0.465 e. The van der Waals surface area contributed by atoms with Gasteiger partial charge in [-0.25, -0.2) is 4.79 Å². The van der Waals surface area contributed by atoms with Gasteiger partial charge in [-0.3, -0.25) is 4.79 Å². The normalized spacial score (nSPS) is 15.2. The van der Waals surface area contributed by atoms with Crippen molar-refractivity contribution in [1.29, 1.82) is 0 Å². The van der Waals surface area contributed by atoms with E-state index in [1.807, 2.05) is 6.92 Å². The lowest BCUT2D eigenvalue weighted by atomic mass is 10.0. The van der Waals surface area contributed by atoms with E-state index in [1.165, 1.54) is 18.4 Å². The fourth-order valence-corrected chi connectivity index (χ4v) is 3.60. The molecule has 1 aromatic rings. The predicted octanol–water partition coefficient (Wildman–Crippen LogP) is 2.56. The van der Waals surface area contributed by atoms with Gasteiger partial charge in [0.15, 0.2) is 0 Å². The Bertz CT molecular complexity index is 539. The molecule has 1 amide bonds. The maximum atomic E-state index is 12.1. The Labute approximate surface area is 129 Å². The number of nitrogens with one attached hydrogen (secondary N) is 2. The molecule has 0 saturated carbocycles. The van der Waals surface area contributed by atoms with Gasteiger partial charge < -0.3 is 15.4 Å². The van der Waals surface area contributed by atoms with E-state index in [2.05, 4.69) is 17.6 Å². The van der Waals surface area contributed by atoms with Crippen molar-refractivity contribution in [2.24, 2.45) is 5.92 Å². The van der Waals surface area contributed by atoms with Crippen molar-refractivity contribution in [2.45, 2.75) is 39.7 Å². The molecule has 2 heterocycles. The third-order valence-corrected chi connectivity index (χ3v) is 4.95. The summed E-state index contributed by atoms with van der Waals surface area (Å²) in [7, 11) is 1.37. The van der Waals surface area contributed by atoms with Crippen LogP contribution in [0.5, 0.6) is 0 Å². The first kappa shape index (κ1) is 16.0.